The summed E-state index contributed by atoms with van der Waals surface area (Å²) in [5, 5.41) is 16.6. The summed E-state index contributed by atoms with van der Waals surface area (Å²) in [7, 11) is 0. The van der Waals surface area contributed by atoms with Crippen LogP contribution in [0.1, 0.15) is 130 Å². The van der Waals surface area contributed by atoms with Crippen molar-refractivity contribution in [2.75, 3.05) is 6.54 Å². The molecule has 1 aromatic carbocycles. The molecule has 1 unspecified atom stereocenters. The van der Waals surface area contributed by atoms with Crippen molar-refractivity contribution in [2.45, 2.75) is 125 Å². The van der Waals surface area contributed by atoms with E-state index in [2.05, 4.69) is 18.8 Å². The van der Waals surface area contributed by atoms with Crippen LogP contribution < -0.4 is 61.8 Å². The zero-order valence-corrected chi connectivity index (χ0v) is 38.2. The fourth-order valence-electron chi connectivity index (χ4n) is 4.99. The van der Waals surface area contributed by atoms with E-state index in [1.54, 1.807) is 51.3 Å². The van der Waals surface area contributed by atoms with Gasteiger partial charge in [-0.1, -0.05) is 90.3 Å². The minimum Gasteiger partial charge on any atom is -0.835 e. The maximum atomic E-state index is 13.7. The van der Waals surface area contributed by atoms with Gasteiger partial charge in [0, 0.05) is 17.5 Å². The average molecular weight is 925 g/mol. The Labute approximate surface area is 356 Å². The Kier molecular flexibility index (Phi) is 34.7. The molecule has 1 saturated carbocycles. The molecule has 1 fully saturated rings. The number of rotatable bonds is 13. The van der Waals surface area contributed by atoms with Gasteiger partial charge in [-0.15, -0.1) is 0 Å². The van der Waals surface area contributed by atoms with E-state index in [1.807, 2.05) is 46.4 Å². The van der Waals surface area contributed by atoms with E-state index in [0.717, 1.165) is 36.5 Å². The van der Waals surface area contributed by atoms with Crippen LogP contribution >= 0.6 is 0 Å². The van der Waals surface area contributed by atoms with Gasteiger partial charge in [0.05, 0.1) is 0 Å². The van der Waals surface area contributed by atoms with Gasteiger partial charge in [0.1, 0.15) is 0 Å². The van der Waals surface area contributed by atoms with Crippen molar-refractivity contribution < 1.29 is 111 Å². The number of allylic oxidation sites excluding steroid dienone is 6. The fourth-order valence-corrected chi connectivity index (χ4v) is 4.99. The molecule has 1 aromatic rings. The zero-order valence-electron chi connectivity index (χ0n) is 30.9. The van der Waals surface area contributed by atoms with Crippen molar-refractivity contribution in [3.05, 3.63) is 77.9 Å². The molecule has 2 rings (SSSR count). The van der Waals surface area contributed by atoms with Crippen LogP contribution in [0.3, 0.4) is 0 Å². The molecule has 1 atom stereocenters. The molecular formula is C38H58F3KN2O3U. The van der Waals surface area contributed by atoms with E-state index in [9.17, 15) is 18.3 Å². The summed E-state index contributed by atoms with van der Waals surface area (Å²) < 4.78 is 39.7. The standard InChI is InChI=1S/C32H44F3N2O.C3H5O.C3H7.K.H2O.U/c1-7-10-17-30(25-15-12-11-13-16-25)36-22-23(4)28-19-18-27(21-29(28)31(6,38)37-9-3)26(14-8-2)20-24(5)32(33,34)35;1-2-3-4;1-3-2;;;/h8,14,18-22,25,37H,5,7,9-13,15-17H2,1-4,6H3;2H2,1H3;3H,1-2H3;;1H2;/q3*-1;+1;;+2/b14-8-,23-22+,26-20+,36-30?;;;;;. The molecule has 264 valence electrons. The van der Waals surface area contributed by atoms with E-state index >= 15 is 0 Å². The number of nitrogens with zero attached hydrogens (tertiary/aromatic N) is 1. The van der Waals surface area contributed by atoms with Crippen LogP contribution in [0.2, 0.25) is 0 Å². The average Bonchev–Trinajstić information content (AvgIpc) is 3.01. The number of aliphatic imine (C=N–C) groups is 1. The summed E-state index contributed by atoms with van der Waals surface area (Å²) >= 11 is 0. The molecule has 1 aliphatic rings. The van der Waals surface area contributed by atoms with Crippen LogP contribution in [0.4, 0.5) is 13.2 Å². The Hall–Kier alpha value is -0.122. The van der Waals surface area contributed by atoms with Crippen LogP contribution in [0, 0.1) is 43.5 Å². The Morgan fingerprint density at radius 3 is 2.19 bits per heavy atom. The van der Waals surface area contributed by atoms with Crippen LogP contribution in [-0.4, -0.2) is 30.2 Å². The summed E-state index contributed by atoms with van der Waals surface area (Å²) in [6, 6.07) is 5.27. The normalized spacial score (nSPS) is 15.3. The first-order valence-electron chi connectivity index (χ1n) is 16.3. The van der Waals surface area contributed by atoms with E-state index < -0.39 is 17.5 Å². The molecular weight excluding hydrogens is 867 g/mol. The number of hydrogen-bond donors (Lipinski definition) is 1. The van der Waals surface area contributed by atoms with Crippen LogP contribution in [0.5, 0.6) is 0 Å². The second kappa shape index (κ2) is 30.5. The molecule has 0 heterocycles. The van der Waals surface area contributed by atoms with Crippen molar-refractivity contribution in [3.8, 4) is 0 Å². The molecule has 10 heteroatoms. The first kappa shape index (κ1) is 54.6. The summed E-state index contributed by atoms with van der Waals surface area (Å²) in [5.41, 5.74) is 1.58. The van der Waals surface area contributed by atoms with Gasteiger partial charge in [-0.05, 0) is 91.6 Å². The SMILES string of the molecule is C=C(/C=C(\C=C/C)c1ccc(/C(C)=C/N=C(CCCC)C2CCCCC2)c(C(C)([O-])NCC)c1)C(F)(F)F.CC[C-]=O.C[CH-]C.O.[K+].[U+2]. The number of hydrogen-bond acceptors (Lipinski definition) is 4. The maximum absolute atomic E-state index is 13.7. The van der Waals surface area contributed by atoms with Gasteiger partial charge in [0.25, 0.3) is 0 Å². The third kappa shape index (κ3) is 21.3. The van der Waals surface area contributed by atoms with E-state index in [1.165, 1.54) is 37.8 Å². The van der Waals surface area contributed by atoms with Crippen LogP contribution in [0.15, 0.2) is 59.8 Å². The molecule has 48 heavy (non-hydrogen) atoms. The minimum absolute atomic E-state index is 0. The van der Waals surface area contributed by atoms with Crippen molar-refractivity contribution in [2.24, 2.45) is 10.9 Å². The molecule has 0 amide bonds. The number of carbonyl (C=O) groups excluding carboxylic acids is 1. The predicted molar refractivity (Wildman–Crippen MR) is 188 cm³/mol. The van der Waals surface area contributed by atoms with E-state index in [-0.39, 0.29) is 88.0 Å². The van der Waals surface area contributed by atoms with Crippen molar-refractivity contribution in [1.29, 1.82) is 0 Å². The summed E-state index contributed by atoms with van der Waals surface area (Å²) in [4.78, 5) is 14.0. The van der Waals surface area contributed by atoms with Gasteiger partial charge in [0.2, 0.25) is 0 Å². The second-order valence-corrected chi connectivity index (χ2v) is 11.4. The second-order valence-electron chi connectivity index (χ2n) is 11.4. The smallest absolute Gasteiger partial charge is 0.835 e. The quantitative estimate of drug-likeness (QED) is 0.0817. The first-order valence-corrected chi connectivity index (χ1v) is 16.3. The van der Waals surface area contributed by atoms with Crippen LogP contribution in [-0.2, 0) is 10.5 Å². The number of alkyl halides is 3. The number of halogens is 3. The molecule has 0 saturated heterocycles. The Morgan fingerprint density at radius 1 is 1.17 bits per heavy atom. The predicted octanol–water partition coefficient (Wildman–Crippen LogP) is 6.40. The summed E-state index contributed by atoms with van der Waals surface area (Å²) in [5.74, 6) is 0.517. The van der Waals surface area contributed by atoms with E-state index in [0.29, 0.717) is 35.6 Å². The van der Waals surface area contributed by atoms with Gasteiger partial charge in [-0.3, -0.25) is 11.3 Å². The van der Waals surface area contributed by atoms with Gasteiger partial charge in [-0.25, -0.2) is 0 Å². The van der Waals surface area contributed by atoms with Gasteiger partial charge < -0.3 is 27.1 Å². The van der Waals surface area contributed by atoms with Crippen molar-refractivity contribution in [3.63, 3.8) is 0 Å². The fraction of sp³-hybridized carbons (Fsp3) is 0.553. The molecule has 1 aliphatic carbocycles. The third-order valence-electron chi connectivity index (χ3n) is 7.28. The Balaban J connectivity index is -0.000000883. The summed E-state index contributed by atoms with van der Waals surface area (Å²) in [6.07, 6.45) is 15.1. The first-order chi connectivity index (χ1) is 21.3. The molecule has 0 aromatic heterocycles. The van der Waals surface area contributed by atoms with Gasteiger partial charge >= 0.3 is 88.7 Å². The maximum Gasteiger partial charge on any atom is 2.00 e. The molecule has 0 spiro atoms. The summed E-state index contributed by atoms with van der Waals surface area (Å²) in [6.45, 7) is 18.7. The van der Waals surface area contributed by atoms with E-state index in [4.69, 9.17) is 9.79 Å². The largest absolute Gasteiger partial charge is 2.00 e. The molecule has 3 N–H and O–H groups in total. The monoisotopic (exact) mass is 924 g/mol. The molecule has 0 bridgehead atoms. The topological polar surface area (TPSA) is 96.0 Å². The number of nitrogens with one attached hydrogen (secondary N) is 1. The zero-order chi connectivity index (χ0) is 34.5. The van der Waals surface area contributed by atoms with Crippen molar-refractivity contribution >= 4 is 23.1 Å². The third-order valence-corrected chi connectivity index (χ3v) is 7.28. The number of benzene rings is 1. The molecule has 0 aliphatic heterocycles. The van der Waals surface area contributed by atoms with Crippen molar-refractivity contribution in [1.82, 2.24) is 5.32 Å². The van der Waals surface area contributed by atoms with Crippen LogP contribution in [0.25, 0.3) is 11.1 Å². The Bertz CT molecular complexity index is 1160. The number of unbranched alkanes of at least 4 members (excludes halogenated alkanes) is 1. The Morgan fingerprint density at radius 2 is 1.73 bits per heavy atom. The molecule has 5 nitrogen and oxygen atoms in total. The van der Waals surface area contributed by atoms with Gasteiger partial charge in [-0.2, -0.15) is 33.4 Å². The van der Waals surface area contributed by atoms with Gasteiger partial charge in [0.15, 0.2) is 0 Å². The minimum atomic E-state index is -4.53. The molecule has 0 radical (unpaired) electrons.